The predicted octanol–water partition coefficient (Wildman–Crippen LogP) is 2.29. The van der Waals surface area contributed by atoms with E-state index in [2.05, 4.69) is 19.8 Å². The van der Waals surface area contributed by atoms with Crippen LogP contribution < -0.4 is 19.5 Å². The van der Waals surface area contributed by atoms with E-state index in [0.29, 0.717) is 6.42 Å². The van der Waals surface area contributed by atoms with Crippen LogP contribution in [-0.4, -0.2) is 50.5 Å². The molecule has 30 heavy (non-hydrogen) atoms. The Labute approximate surface area is 169 Å². The summed E-state index contributed by atoms with van der Waals surface area (Å²) in [6.07, 6.45) is -3.81. The van der Waals surface area contributed by atoms with E-state index in [1.807, 2.05) is 0 Å². The lowest BCUT2D eigenvalue weighted by Crippen LogP contribution is -2.28. The molecule has 13 heteroatoms. The van der Waals surface area contributed by atoms with Crippen molar-refractivity contribution in [3.63, 3.8) is 0 Å². The summed E-state index contributed by atoms with van der Waals surface area (Å²) in [7, 11) is -4.04. The Morgan fingerprint density at radius 2 is 1.83 bits per heavy atom. The van der Waals surface area contributed by atoms with Gasteiger partial charge in [-0.3, -0.25) is 4.72 Å². The van der Waals surface area contributed by atoms with Gasteiger partial charge in [-0.15, -0.1) is 0 Å². The fraction of sp³-hybridized carbons (Fsp3) is 0.294. The molecule has 0 radical (unpaired) electrons. The van der Waals surface area contributed by atoms with Crippen molar-refractivity contribution < 1.29 is 41.0 Å². The number of benzene rings is 1. The van der Waals surface area contributed by atoms with Crippen LogP contribution in [0.4, 0.5) is 23.7 Å². The van der Waals surface area contributed by atoms with Crippen LogP contribution in [0, 0.1) is 0 Å². The van der Waals surface area contributed by atoms with Gasteiger partial charge in [-0.2, -0.15) is 13.2 Å². The van der Waals surface area contributed by atoms with Gasteiger partial charge in [0.25, 0.3) is 10.0 Å². The number of carbonyl (C=O) groups is 1. The predicted molar refractivity (Wildman–Crippen MR) is 98.8 cm³/mol. The number of carbonyl (C=O) groups excluding carboxylic acids is 1. The number of aliphatic hydroxyl groups is 1. The molecule has 1 heterocycles. The van der Waals surface area contributed by atoms with E-state index in [0.717, 1.165) is 30.5 Å². The van der Waals surface area contributed by atoms with E-state index in [-0.39, 0.29) is 35.4 Å². The maximum absolute atomic E-state index is 12.4. The number of halogens is 3. The average Bonchev–Trinajstić information content (AvgIpc) is 2.68. The molecule has 0 spiro atoms. The molecule has 0 aliphatic carbocycles. The lowest BCUT2D eigenvalue weighted by atomic mass is 10.3. The van der Waals surface area contributed by atoms with Crippen LogP contribution in [0.5, 0.6) is 11.6 Å². The molecule has 1 amide bonds. The molecule has 0 aliphatic rings. The summed E-state index contributed by atoms with van der Waals surface area (Å²) in [4.78, 5) is 15.1. The van der Waals surface area contributed by atoms with Crippen molar-refractivity contribution >= 4 is 21.8 Å². The van der Waals surface area contributed by atoms with Gasteiger partial charge in [-0.25, -0.2) is 18.2 Å². The van der Waals surface area contributed by atoms with E-state index < -0.39 is 28.9 Å². The average molecular weight is 449 g/mol. The molecule has 0 saturated carbocycles. The van der Waals surface area contributed by atoms with E-state index in [9.17, 15) is 26.4 Å². The Bertz CT molecular complexity index is 935. The van der Waals surface area contributed by atoms with Gasteiger partial charge in [0.2, 0.25) is 5.88 Å². The van der Waals surface area contributed by atoms with Gasteiger partial charge in [0, 0.05) is 19.2 Å². The smallest absolute Gasteiger partial charge is 0.422 e. The third-order valence-electron chi connectivity index (χ3n) is 3.33. The maximum Gasteiger partial charge on any atom is 0.422 e. The van der Waals surface area contributed by atoms with Gasteiger partial charge in [0.1, 0.15) is 5.75 Å². The van der Waals surface area contributed by atoms with Gasteiger partial charge >= 0.3 is 12.3 Å². The second-order valence-electron chi connectivity index (χ2n) is 5.76. The Morgan fingerprint density at radius 1 is 1.13 bits per heavy atom. The largest absolute Gasteiger partial charge is 0.484 e. The van der Waals surface area contributed by atoms with Crippen molar-refractivity contribution in [3.05, 3.63) is 42.6 Å². The molecule has 1 aromatic carbocycles. The van der Waals surface area contributed by atoms with Crippen molar-refractivity contribution in [3.8, 4) is 11.6 Å². The number of nitrogens with one attached hydrogen (secondary N) is 2. The molecule has 0 bridgehead atoms. The summed E-state index contributed by atoms with van der Waals surface area (Å²) in [6.45, 7) is -1.36. The summed E-state index contributed by atoms with van der Waals surface area (Å²) in [5, 5.41) is 11.0. The number of amides is 1. The van der Waals surface area contributed by atoms with Crippen molar-refractivity contribution in [1.82, 2.24) is 10.3 Å². The number of ether oxygens (including phenoxy) is 2. The number of pyridine rings is 1. The molecule has 0 unspecified atom stereocenters. The number of alkyl halides is 3. The van der Waals surface area contributed by atoms with E-state index in [1.165, 1.54) is 12.1 Å². The van der Waals surface area contributed by atoms with Crippen molar-refractivity contribution in [2.24, 2.45) is 0 Å². The highest BCUT2D eigenvalue weighted by Crippen LogP contribution is 2.22. The minimum atomic E-state index is -4.50. The van der Waals surface area contributed by atoms with Gasteiger partial charge in [-0.05, 0) is 36.8 Å². The standard InChI is InChI=1S/C17H18F3N3O6S/c18-17(19,20)11-28-13-3-5-14(6-4-13)30(26,27)23-12-2-7-15(22-10-12)29-16(25)21-8-1-9-24/h2-7,10,23-24H,1,8-9,11H2,(H,21,25). The monoisotopic (exact) mass is 449 g/mol. The van der Waals surface area contributed by atoms with Crippen LogP contribution in [0.15, 0.2) is 47.5 Å². The lowest BCUT2D eigenvalue weighted by molar-refractivity contribution is -0.153. The number of rotatable bonds is 9. The maximum atomic E-state index is 12.4. The molecule has 0 saturated heterocycles. The Hall–Kier alpha value is -3.06. The zero-order chi connectivity index (χ0) is 22.2. The number of sulfonamides is 1. The first kappa shape index (κ1) is 23.2. The van der Waals surface area contributed by atoms with Gasteiger partial charge in [0.15, 0.2) is 6.61 Å². The molecule has 0 atom stereocenters. The highest BCUT2D eigenvalue weighted by Gasteiger charge is 2.28. The molecular weight excluding hydrogens is 431 g/mol. The molecule has 9 nitrogen and oxygen atoms in total. The molecular formula is C17H18F3N3O6S. The minimum absolute atomic E-state index is 0.0698. The van der Waals surface area contributed by atoms with E-state index in [4.69, 9.17) is 9.84 Å². The molecule has 164 valence electrons. The first-order chi connectivity index (χ1) is 14.1. The van der Waals surface area contributed by atoms with Crippen LogP contribution in [-0.2, 0) is 10.0 Å². The normalized spacial score (nSPS) is 11.6. The van der Waals surface area contributed by atoms with Crippen molar-refractivity contribution in [1.29, 1.82) is 0 Å². The second-order valence-corrected chi connectivity index (χ2v) is 7.44. The fourth-order valence-electron chi connectivity index (χ4n) is 2.00. The summed E-state index contributed by atoms with van der Waals surface area (Å²) >= 11 is 0. The van der Waals surface area contributed by atoms with Crippen LogP contribution >= 0.6 is 0 Å². The zero-order valence-electron chi connectivity index (χ0n) is 15.3. The highest BCUT2D eigenvalue weighted by molar-refractivity contribution is 7.92. The quantitative estimate of drug-likeness (QED) is 0.502. The lowest BCUT2D eigenvalue weighted by Gasteiger charge is -2.11. The summed E-state index contributed by atoms with van der Waals surface area (Å²) in [5.41, 5.74) is 0.0698. The molecule has 2 aromatic rings. The Morgan fingerprint density at radius 3 is 2.40 bits per heavy atom. The van der Waals surface area contributed by atoms with Gasteiger partial charge in [-0.1, -0.05) is 0 Å². The first-order valence-corrected chi connectivity index (χ1v) is 9.92. The molecule has 0 fully saturated rings. The zero-order valence-corrected chi connectivity index (χ0v) is 16.2. The summed E-state index contributed by atoms with van der Waals surface area (Å²) < 4.78 is 72.8. The number of anilines is 1. The third-order valence-corrected chi connectivity index (χ3v) is 4.72. The molecule has 1 aromatic heterocycles. The van der Waals surface area contributed by atoms with Crippen molar-refractivity contribution in [2.45, 2.75) is 17.5 Å². The molecule has 3 N–H and O–H groups in total. The van der Waals surface area contributed by atoms with E-state index >= 15 is 0 Å². The molecule has 2 rings (SSSR count). The van der Waals surface area contributed by atoms with Crippen LogP contribution in [0.25, 0.3) is 0 Å². The summed E-state index contributed by atoms with van der Waals surface area (Å²) in [5.74, 6) is -0.211. The topological polar surface area (TPSA) is 127 Å². The fourth-order valence-corrected chi connectivity index (χ4v) is 3.04. The first-order valence-electron chi connectivity index (χ1n) is 8.44. The van der Waals surface area contributed by atoms with Crippen LogP contribution in [0.3, 0.4) is 0 Å². The SMILES string of the molecule is O=C(NCCCO)Oc1ccc(NS(=O)(=O)c2ccc(OCC(F)(F)F)cc2)cn1. The minimum Gasteiger partial charge on any atom is -0.484 e. The highest BCUT2D eigenvalue weighted by atomic mass is 32.2. The second kappa shape index (κ2) is 10.1. The number of nitrogens with zero attached hydrogens (tertiary/aromatic N) is 1. The number of hydrogen-bond acceptors (Lipinski definition) is 7. The third kappa shape index (κ3) is 7.75. The van der Waals surface area contributed by atoms with Crippen molar-refractivity contribution in [2.75, 3.05) is 24.5 Å². The van der Waals surface area contributed by atoms with Gasteiger partial charge < -0.3 is 19.9 Å². The van der Waals surface area contributed by atoms with Gasteiger partial charge in [0.05, 0.1) is 16.8 Å². The summed E-state index contributed by atoms with van der Waals surface area (Å²) in [6, 6.07) is 6.96. The van der Waals surface area contributed by atoms with Crippen LogP contribution in [0.2, 0.25) is 0 Å². The number of aromatic nitrogens is 1. The molecule has 0 aliphatic heterocycles. The van der Waals surface area contributed by atoms with E-state index in [1.54, 1.807) is 0 Å². The Kier molecular flexibility index (Phi) is 7.83. The Balaban J connectivity index is 1.95. The number of aliphatic hydroxyl groups excluding tert-OH is 1. The van der Waals surface area contributed by atoms with Crippen LogP contribution in [0.1, 0.15) is 6.42 Å². The number of hydrogen-bond donors (Lipinski definition) is 3.